The first-order valence-corrected chi connectivity index (χ1v) is 6.77. The maximum absolute atomic E-state index is 14.2. The fourth-order valence-corrected chi connectivity index (χ4v) is 2.25. The van der Waals surface area contributed by atoms with Crippen LogP contribution in [0.25, 0.3) is 11.1 Å². The summed E-state index contributed by atoms with van der Waals surface area (Å²) < 4.78 is 21.0. The molecule has 6 heteroatoms. The van der Waals surface area contributed by atoms with Gasteiger partial charge in [0.2, 0.25) is 0 Å². The molecular weight excluding hydrogens is 281 g/mol. The molecule has 0 aliphatic heterocycles. The molecule has 0 saturated carbocycles. The molecule has 20 heavy (non-hydrogen) atoms. The molecule has 2 aromatic rings. The number of nitrogens with two attached hydrogens (primary N) is 1. The van der Waals surface area contributed by atoms with E-state index in [-0.39, 0.29) is 5.02 Å². The van der Waals surface area contributed by atoms with Gasteiger partial charge in [0.15, 0.2) is 0 Å². The third-order valence-corrected chi connectivity index (χ3v) is 3.36. The van der Waals surface area contributed by atoms with Crippen LogP contribution in [0.15, 0.2) is 18.2 Å². The molecule has 0 radical (unpaired) electrons. The number of nitrogens with zero attached hydrogens (tertiary/aromatic N) is 2. The van der Waals surface area contributed by atoms with E-state index in [0.29, 0.717) is 42.3 Å². The van der Waals surface area contributed by atoms with Crippen molar-refractivity contribution >= 4 is 17.4 Å². The fraction of sp³-hybridized carbons (Fsp3) is 0.357. The molecule has 0 fully saturated rings. The van der Waals surface area contributed by atoms with Gasteiger partial charge in [0.1, 0.15) is 11.6 Å². The van der Waals surface area contributed by atoms with E-state index in [1.54, 1.807) is 19.2 Å². The van der Waals surface area contributed by atoms with Crippen molar-refractivity contribution in [2.45, 2.75) is 13.3 Å². The normalized spacial score (nSPS) is 11.0. The molecule has 0 saturated heterocycles. The monoisotopic (exact) mass is 297 g/mol. The van der Waals surface area contributed by atoms with Crippen LogP contribution in [-0.4, -0.2) is 23.0 Å². The van der Waals surface area contributed by atoms with Crippen LogP contribution in [0.5, 0.6) is 0 Å². The quantitative estimate of drug-likeness (QED) is 0.863. The molecule has 2 N–H and O–H groups in total. The first kappa shape index (κ1) is 14.8. The molecule has 0 atom stereocenters. The fourth-order valence-electron chi connectivity index (χ4n) is 2.07. The van der Waals surface area contributed by atoms with E-state index in [9.17, 15) is 4.39 Å². The molecule has 1 aromatic heterocycles. The lowest BCUT2D eigenvalue weighted by molar-refractivity contribution is 0.150. The van der Waals surface area contributed by atoms with Crippen molar-refractivity contribution in [1.82, 2.24) is 9.78 Å². The molecule has 1 aromatic carbocycles. The largest absolute Gasteiger partial charge is 0.383 e. The van der Waals surface area contributed by atoms with Crippen molar-refractivity contribution < 1.29 is 9.13 Å². The molecule has 2 rings (SSSR count). The second kappa shape index (κ2) is 6.24. The topological polar surface area (TPSA) is 53.1 Å². The lowest BCUT2D eigenvalue weighted by Crippen LogP contribution is -2.01. The van der Waals surface area contributed by atoms with Crippen molar-refractivity contribution in [2.75, 3.05) is 18.9 Å². The number of ether oxygens (including phenoxy) is 1. The van der Waals surface area contributed by atoms with E-state index >= 15 is 0 Å². The zero-order valence-electron chi connectivity index (χ0n) is 11.5. The van der Waals surface area contributed by atoms with Crippen LogP contribution in [0.4, 0.5) is 10.2 Å². The first-order chi connectivity index (χ1) is 9.56. The van der Waals surface area contributed by atoms with Crippen LogP contribution < -0.4 is 5.73 Å². The van der Waals surface area contributed by atoms with Crippen molar-refractivity contribution in [3.63, 3.8) is 0 Å². The maximum Gasteiger partial charge on any atom is 0.149 e. The third kappa shape index (κ3) is 2.78. The Hall–Kier alpha value is -1.59. The van der Waals surface area contributed by atoms with E-state index in [0.717, 1.165) is 0 Å². The highest BCUT2D eigenvalue weighted by Gasteiger charge is 2.19. The average Bonchev–Trinajstić information content (AvgIpc) is 2.69. The highest BCUT2D eigenvalue weighted by Crippen LogP contribution is 2.34. The molecule has 4 nitrogen and oxygen atoms in total. The van der Waals surface area contributed by atoms with E-state index in [1.165, 1.54) is 10.7 Å². The van der Waals surface area contributed by atoms with Gasteiger partial charge in [-0.25, -0.2) is 4.39 Å². The first-order valence-electron chi connectivity index (χ1n) is 6.39. The van der Waals surface area contributed by atoms with Crippen LogP contribution in [0, 0.1) is 5.82 Å². The van der Waals surface area contributed by atoms with Gasteiger partial charge in [-0.2, -0.15) is 5.10 Å². The van der Waals surface area contributed by atoms with Gasteiger partial charge >= 0.3 is 0 Å². The molecule has 1 heterocycles. The molecule has 0 bridgehead atoms. The smallest absolute Gasteiger partial charge is 0.149 e. The Morgan fingerprint density at radius 1 is 1.45 bits per heavy atom. The summed E-state index contributed by atoms with van der Waals surface area (Å²) in [6.07, 6.45) is 0.570. The molecule has 0 aliphatic carbocycles. The number of rotatable bonds is 5. The molecular formula is C14H17ClFN3O. The third-order valence-electron chi connectivity index (χ3n) is 3.07. The molecule has 0 amide bonds. The number of benzene rings is 1. The molecule has 108 valence electrons. The van der Waals surface area contributed by atoms with Crippen LogP contribution in [0.2, 0.25) is 5.02 Å². The van der Waals surface area contributed by atoms with Gasteiger partial charge < -0.3 is 10.5 Å². The zero-order valence-corrected chi connectivity index (χ0v) is 12.2. The van der Waals surface area contributed by atoms with Gasteiger partial charge in [-0.15, -0.1) is 0 Å². The van der Waals surface area contributed by atoms with Crippen molar-refractivity contribution in [3.05, 3.63) is 34.7 Å². The summed E-state index contributed by atoms with van der Waals surface area (Å²) in [5, 5.41) is 4.40. The highest BCUT2D eigenvalue weighted by atomic mass is 35.5. The van der Waals surface area contributed by atoms with Crippen LogP contribution in [0.3, 0.4) is 0 Å². The number of nitrogen functional groups attached to an aromatic ring is 1. The van der Waals surface area contributed by atoms with Gasteiger partial charge in [0.25, 0.3) is 0 Å². The Bertz CT molecular complexity index is 613. The van der Waals surface area contributed by atoms with Gasteiger partial charge in [-0.05, 0) is 13.0 Å². The summed E-state index contributed by atoms with van der Waals surface area (Å²) in [7, 11) is 1.73. The van der Waals surface area contributed by atoms with E-state index in [4.69, 9.17) is 22.1 Å². The predicted octanol–water partition coefficient (Wildman–Crippen LogP) is 3.04. The standard InChI is InChI=1S/C14H17ClFN3O/c1-3-20-8-7-11-12(14(17)19(2)18-11)9-5-4-6-10(15)13(9)16/h4-6H,3,7-8,17H2,1-2H3. The van der Waals surface area contributed by atoms with Crippen molar-refractivity contribution in [2.24, 2.45) is 7.05 Å². The summed E-state index contributed by atoms with van der Waals surface area (Å²) >= 11 is 5.83. The second-order valence-electron chi connectivity index (χ2n) is 4.38. The van der Waals surface area contributed by atoms with E-state index in [1.807, 2.05) is 6.92 Å². The van der Waals surface area contributed by atoms with E-state index in [2.05, 4.69) is 5.10 Å². The lowest BCUT2D eigenvalue weighted by atomic mass is 10.0. The number of aromatic nitrogens is 2. The number of halogens is 2. The molecule has 0 unspecified atom stereocenters. The summed E-state index contributed by atoms with van der Waals surface area (Å²) in [4.78, 5) is 0. The lowest BCUT2D eigenvalue weighted by Gasteiger charge is -2.07. The Labute approximate surface area is 122 Å². The average molecular weight is 298 g/mol. The molecule has 0 aliphatic rings. The van der Waals surface area contributed by atoms with Crippen LogP contribution in [-0.2, 0) is 18.2 Å². The summed E-state index contributed by atoms with van der Waals surface area (Å²) in [6.45, 7) is 3.07. The van der Waals surface area contributed by atoms with Gasteiger partial charge in [-0.3, -0.25) is 4.68 Å². The maximum atomic E-state index is 14.2. The number of hydrogen-bond donors (Lipinski definition) is 1. The number of aryl methyl sites for hydroxylation is 1. The van der Waals surface area contributed by atoms with Crippen LogP contribution in [0.1, 0.15) is 12.6 Å². The number of hydrogen-bond acceptors (Lipinski definition) is 3. The van der Waals surface area contributed by atoms with Gasteiger partial charge in [-0.1, -0.05) is 23.7 Å². The zero-order chi connectivity index (χ0) is 14.7. The summed E-state index contributed by atoms with van der Waals surface area (Å²) in [5.41, 5.74) is 7.68. The minimum atomic E-state index is -0.480. The summed E-state index contributed by atoms with van der Waals surface area (Å²) in [5.74, 6) is -0.0656. The predicted molar refractivity (Wildman–Crippen MR) is 78.2 cm³/mol. The Kier molecular flexibility index (Phi) is 4.62. The minimum Gasteiger partial charge on any atom is -0.383 e. The van der Waals surface area contributed by atoms with Gasteiger partial charge in [0.05, 0.1) is 17.3 Å². The van der Waals surface area contributed by atoms with Gasteiger partial charge in [0, 0.05) is 31.2 Å². The van der Waals surface area contributed by atoms with E-state index < -0.39 is 5.82 Å². The van der Waals surface area contributed by atoms with Crippen LogP contribution >= 0.6 is 11.6 Å². The highest BCUT2D eigenvalue weighted by molar-refractivity contribution is 6.31. The Morgan fingerprint density at radius 2 is 2.20 bits per heavy atom. The Balaban J connectivity index is 2.46. The van der Waals surface area contributed by atoms with Crippen molar-refractivity contribution in [3.8, 4) is 11.1 Å². The SMILES string of the molecule is CCOCCc1nn(C)c(N)c1-c1cccc(Cl)c1F. The second-order valence-corrected chi connectivity index (χ2v) is 4.79. The molecule has 0 spiro atoms. The van der Waals surface area contributed by atoms with Crippen molar-refractivity contribution in [1.29, 1.82) is 0 Å². The summed E-state index contributed by atoms with van der Waals surface area (Å²) in [6, 6.07) is 4.85. The Morgan fingerprint density at radius 3 is 2.90 bits per heavy atom. The minimum absolute atomic E-state index is 0.0708. The number of anilines is 1.